The molecule has 0 aliphatic carbocycles. The van der Waals surface area contributed by atoms with E-state index >= 15 is 0 Å². The molecule has 0 atom stereocenters. The summed E-state index contributed by atoms with van der Waals surface area (Å²) in [6, 6.07) is 7.35. The average Bonchev–Trinajstić information content (AvgIpc) is 2.32. The molecule has 0 spiro atoms. The van der Waals surface area contributed by atoms with Crippen LogP contribution in [0, 0.1) is 5.82 Å². The molecular weight excluding hydrogens is 309 g/mol. The second-order valence-electron chi connectivity index (χ2n) is 3.79. The number of benzene rings is 1. The molecule has 0 aliphatic heterocycles. The van der Waals surface area contributed by atoms with Gasteiger partial charge in [0.05, 0.1) is 9.92 Å². The molecule has 0 bridgehead atoms. The fourth-order valence-electron chi connectivity index (χ4n) is 1.34. The SMILES string of the molecule is CS(=O)(=O)c1ccc(Sc2ncc(Cl)cc2F)cc1. The van der Waals surface area contributed by atoms with Crippen molar-refractivity contribution >= 4 is 33.2 Å². The molecule has 7 heteroatoms. The molecule has 0 saturated heterocycles. The van der Waals surface area contributed by atoms with E-state index in [-0.39, 0.29) is 14.9 Å². The van der Waals surface area contributed by atoms with Gasteiger partial charge in [-0.25, -0.2) is 17.8 Å². The van der Waals surface area contributed by atoms with Crippen LogP contribution in [0.3, 0.4) is 0 Å². The van der Waals surface area contributed by atoms with E-state index in [1.54, 1.807) is 12.1 Å². The van der Waals surface area contributed by atoms with Gasteiger partial charge in [-0.15, -0.1) is 0 Å². The Morgan fingerprint density at radius 1 is 1.26 bits per heavy atom. The second-order valence-corrected chi connectivity index (χ2v) is 7.30. The van der Waals surface area contributed by atoms with Crippen LogP contribution in [0.15, 0.2) is 51.3 Å². The van der Waals surface area contributed by atoms with Crippen LogP contribution in [-0.4, -0.2) is 19.7 Å². The predicted octanol–water partition coefficient (Wildman–Crippen LogP) is 3.43. The van der Waals surface area contributed by atoms with Gasteiger partial charge in [0.1, 0.15) is 5.03 Å². The average molecular weight is 318 g/mol. The van der Waals surface area contributed by atoms with Gasteiger partial charge in [-0.1, -0.05) is 23.4 Å². The van der Waals surface area contributed by atoms with Crippen molar-refractivity contribution in [2.75, 3.05) is 6.26 Å². The van der Waals surface area contributed by atoms with Gasteiger partial charge in [0.25, 0.3) is 0 Å². The standard InChI is InChI=1S/C12H9ClFNO2S2/c1-19(16,17)10-4-2-9(3-5-10)18-12-11(14)6-8(13)7-15-12/h2-7H,1H3. The molecule has 0 amide bonds. The number of sulfone groups is 1. The quantitative estimate of drug-likeness (QED) is 0.870. The highest BCUT2D eigenvalue weighted by molar-refractivity contribution is 7.99. The summed E-state index contributed by atoms with van der Waals surface area (Å²) in [6.45, 7) is 0. The first-order valence-electron chi connectivity index (χ1n) is 5.15. The highest BCUT2D eigenvalue weighted by atomic mass is 35.5. The van der Waals surface area contributed by atoms with E-state index in [1.165, 1.54) is 24.4 Å². The Morgan fingerprint density at radius 3 is 2.42 bits per heavy atom. The van der Waals surface area contributed by atoms with E-state index in [9.17, 15) is 12.8 Å². The summed E-state index contributed by atoms with van der Waals surface area (Å²) < 4.78 is 36.1. The Labute approximate surface area is 119 Å². The Bertz CT molecular complexity index is 702. The third kappa shape index (κ3) is 3.68. The Hall–Kier alpha value is -1.11. The monoisotopic (exact) mass is 317 g/mol. The van der Waals surface area contributed by atoms with Gasteiger partial charge in [-0.05, 0) is 30.3 Å². The Kier molecular flexibility index (Phi) is 4.13. The number of pyridine rings is 1. The molecule has 1 aromatic heterocycles. The second kappa shape index (κ2) is 5.48. The summed E-state index contributed by atoms with van der Waals surface area (Å²) >= 11 is 6.72. The van der Waals surface area contributed by atoms with Crippen LogP contribution < -0.4 is 0 Å². The lowest BCUT2D eigenvalue weighted by Gasteiger charge is -2.03. The van der Waals surface area contributed by atoms with Crippen LogP contribution >= 0.6 is 23.4 Å². The van der Waals surface area contributed by atoms with Crippen LogP contribution in [0.1, 0.15) is 0 Å². The number of hydrogen-bond acceptors (Lipinski definition) is 4. The van der Waals surface area contributed by atoms with E-state index in [1.807, 2.05) is 0 Å². The lowest BCUT2D eigenvalue weighted by Crippen LogP contribution is -1.96. The molecule has 0 saturated carbocycles. The van der Waals surface area contributed by atoms with E-state index in [0.717, 1.165) is 18.0 Å². The number of aromatic nitrogens is 1. The highest BCUT2D eigenvalue weighted by Crippen LogP contribution is 2.29. The van der Waals surface area contributed by atoms with Crippen molar-refractivity contribution in [3.05, 3.63) is 47.4 Å². The minimum atomic E-state index is -3.22. The maximum Gasteiger partial charge on any atom is 0.175 e. The van der Waals surface area contributed by atoms with E-state index in [2.05, 4.69) is 4.98 Å². The number of nitrogens with zero attached hydrogens (tertiary/aromatic N) is 1. The molecule has 100 valence electrons. The zero-order chi connectivity index (χ0) is 14.0. The lowest BCUT2D eigenvalue weighted by molar-refractivity contribution is 0.588. The lowest BCUT2D eigenvalue weighted by atomic mass is 10.4. The third-order valence-electron chi connectivity index (χ3n) is 2.24. The molecule has 0 fully saturated rings. The first-order chi connectivity index (χ1) is 8.86. The van der Waals surface area contributed by atoms with Crippen molar-refractivity contribution in [3.8, 4) is 0 Å². The molecule has 2 rings (SSSR count). The van der Waals surface area contributed by atoms with Crippen LogP contribution in [0.25, 0.3) is 0 Å². The smallest absolute Gasteiger partial charge is 0.175 e. The fourth-order valence-corrected chi connectivity index (χ4v) is 2.88. The molecule has 19 heavy (non-hydrogen) atoms. The molecular formula is C12H9ClFNO2S2. The van der Waals surface area contributed by atoms with E-state index in [4.69, 9.17) is 11.6 Å². The molecule has 1 aromatic carbocycles. The van der Waals surface area contributed by atoms with Crippen molar-refractivity contribution in [2.24, 2.45) is 0 Å². The molecule has 0 N–H and O–H groups in total. The van der Waals surface area contributed by atoms with Gasteiger partial charge in [0.15, 0.2) is 15.7 Å². The first kappa shape index (κ1) is 14.3. The summed E-state index contributed by atoms with van der Waals surface area (Å²) in [6.07, 6.45) is 2.49. The van der Waals surface area contributed by atoms with Crippen molar-refractivity contribution in [1.29, 1.82) is 0 Å². The topological polar surface area (TPSA) is 47.0 Å². The van der Waals surface area contributed by atoms with Crippen molar-refractivity contribution in [2.45, 2.75) is 14.8 Å². The first-order valence-corrected chi connectivity index (χ1v) is 8.24. The zero-order valence-corrected chi connectivity index (χ0v) is 12.2. The summed E-state index contributed by atoms with van der Waals surface area (Å²) in [5.74, 6) is -0.510. The summed E-state index contributed by atoms with van der Waals surface area (Å²) in [5.41, 5.74) is 0. The highest BCUT2D eigenvalue weighted by Gasteiger charge is 2.09. The molecule has 0 unspecified atom stereocenters. The summed E-state index contributed by atoms with van der Waals surface area (Å²) in [5, 5.41) is 0.422. The number of halogens is 2. The normalized spacial score (nSPS) is 11.5. The van der Waals surface area contributed by atoms with Gasteiger partial charge >= 0.3 is 0 Å². The number of hydrogen-bond donors (Lipinski definition) is 0. The summed E-state index contributed by atoms with van der Waals surface area (Å²) in [4.78, 5) is 4.80. The van der Waals surface area contributed by atoms with Crippen LogP contribution in [-0.2, 0) is 9.84 Å². The van der Waals surface area contributed by atoms with Crippen LogP contribution in [0.2, 0.25) is 5.02 Å². The van der Waals surface area contributed by atoms with Crippen molar-refractivity contribution in [3.63, 3.8) is 0 Å². The molecule has 2 aromatic rings. The van der Waals surface area contributed by atoms with Gasteiger partial charge < -0.3 is 0 Å². The summed E-state index contributed by atoms with van der Waals surface area (Å²) in [7, 11) is -3.22. The zero-order valence-electron chi connectivity index (χ0n) is 9.80. The molecule has 0 radical (unpaired) electrons. The largest absolute Gasteiger partial charge is 0.245 e. The van der Waals surface area contributed by atoms with Gasteiger partial charge in [0.2, 0.25) is 0 Å². The van der Waals surface area contributed by atoms with Gasteiger partial charge in [-0.2, -0.15) is 0 Å². The third-order valence-corrected chi connectivity index (χ3v) is 4.58. The van der Waals surface area contributed by atoms with Crippen molar-refractivity contribution in [1.82, 2.24) is 4.98 Å². The fraction of sp³-hybridized carbons (Fsp3) is 0.0833. The number of rotatable bonds is 3. The molecule has 3 nitrogen and oxygen atoms in total. The van der Waals surface area contributed by atoms with E-state index in [0.29, 0.717) is 4.90 Å². The minimum Gasteiger partial charge on any atom is -0.245 e. The van der Waals surface area contributed by atoms with E-state index < -0.39 is 15.7 Å². The Morgan fingerprint density at radius 2 is 1.89 bits per heavy atom. The maximum absolute atomic E-state index is 13.5. The minimum absolute atomic E-state index is 0.191. The predicted molar refractivity (Wildman–Crippen MR) is 72.9 cm³/mol. The van der Waals surface area contributed by atoms with Crippen LogP contribution in [0.5, 0.6) is 0 Å². The van der Waals surface area contributed by atoms with Crippen molar-refractivity contribution < 1.29 is 12.8 Å². The molecule has 1 heterocycles. The van der Waals surface area contributed by atoms with Gasteiger partial charge in [-0.3, -0.25) is 0 Å². The van der Waals surface area contributed by atoms with Crippen LogP contribution in [0.4, 0.5) is 4.39 Å². The Balaban J connectivity index is 2.25. The van der Waals surface area contributed by atoms with Gasteiger partial charge in [0, 0.05) is 17.3 Å². The molecule has 0 aliphatic rings. The maximum atomic E-state index is 13.5.